The summed E-state index contributed by atoms with van der Waals surface area (Å²) < 4.78 is 5.24. The molecule has 0 aliphatic heterocycles. The van der Waals surface area contributed by atoms with Crippen LogP contribution in [0.1, 0.15) is 33.6 Å². The van der Waals surface area contributed by atoms with Gasteiger partial charge in [0, 0.05) is 19.7 Å². The molecule has 1 amide bonds. The normalized spacial score (nSPS) is 10.5. The Bertz CT molecular complexity index is 146. The van der Waals surface area contributed by atoms with Crippen LogP contribution in [0.4, 0.5) is 0 Å². The third kappa shape index (κ3) is 5.64. The molecule has 0 spiro atoms. The van der Waals surface area contributed by atoms with Crippen molar-refractivity contribution in [1.82, 2.24) is 4.90 Å². The summed E-state index contributed by atoms with van der Waals surface area (Å²) in [5, 5.41) is 0. The summed E-state index contributed by atoms with van der Waals surface area (Å²) in [6.45, 7) is 7.36. The minimum Gasteiger partial charge on any atom is -0.381 e. The molecule has 0 saturated heterocycles. The topological polar surface area (TPSA) is 29.5 Å². The van der Waals surface area contributed by atoms with Gasteiger partial charge in [0.2, 0.25) is 5.91 Å². The van der Waals surface area contributed by atoms with Crippen molar-refractivity contribution in [3.05, 3.63) is 0 Å². The van der Waals surface area contributed by atoms with Crippen LogP contribution >= 0.6 is 0 Å². The first-order chi connectivity index (χ1) is 6.09. The molecule has 13 heavy (non-hydrogen) atoms. The van der Waals surface area contributed by atoms with Crippen LogP contribution < -0.4 is 0 Å². The van der Waals surface area contributed by atoms with Crippen LogP contribution in [0, 0.1) is 0 Å². The van der Waals surface area contributed by atoms with Gasteiger partial charge in [-0.05, 0) is 20.3 Å². The lowest BCUT2D eigenvalue weighted by Crippen LogP contribution is -2.33. The van der Waals surface area contributed by atoms with E-state index in [2.05, 4.69) is 6.92 Å². The Kier molecular flexibility index (Phi) is 6.59. The lowest BCUT2D eigenvalue weighted by Gasteiger charge is -2.21. The molecule has 0 aromatic rings. The molecule has 0 unspecified atom stereocenters. The Morgan fingerprint density at radius 1 is 1.38 bits per heavy atom. The fourth-order valence-corrected chi connectivity index (χ4v) is 0.870. The van der Waals surface area contributed by atoms with Crippen LogP contribution in [0.2, 0.25) is 0 Å². The molecule has 0 aliphatic carbocycles. The molecule has 0 fully saturated rings. The van der Waals surface area contributed by atoms with Crippen molar-refractivity contribution >= 4 is 5.91 Å². The van der Waals surface area contributed by atoms with E-state index in [0.29, 0.717) is 13.0 Å². The predicted molar refractivity (Wildman–Crippen MR) is 53.6 cm³/mol. The van der Waals surface area contributed by atoms with Gasteiger partial charge in [-0.3, -0.25) is 4.79 Å². The van der Waals surface area contributed by atoms with Crippen LogP contribution in [-0.2, 0) is 9.53 Å². The highest BCUT2D eigenvalue weighted by atomic mass is 16.5. The third-order valence-electron chi connectivity index (χ3n) is 1.98. The van der Waals surface area contributed by atoms with Gasteiger partial charge < -0.3 is 9.64 Å². The van der Waals surface area contributed by atoms with E-state index in [0.717, 1.165) is 13.0 Å². The van der Waals surface area contributed by atoms with Gasteiger partial charge >= 0.3 is 0 Å². The second-order valence-electron chi connectivity index (χ2n) is 3.46. The van der Waals surface area contributed by atoms with E-state index < -0.39 is 0 Å². The van der Waals surface area contributed by atoms with Gasteiger partial charge in [0.05, 0.1) is 13.0 Å². The number of hydrogen-bond donors (Lipinski definition) is 0. The van der Waals surface area contributed by atoms with E-state index >= 15 is 0 Å². The van der Waals surface area contributed by atoms with Crippen LogP contribution in [0.25, 0.3) is 0 Å². The van der Waals surface area contributed by atoms with E-state index in [9.17, 15) is 4.79 Å². The number of carbonyl (C=O) groups is 1. The molecule has 3 heteroatoms. The molecular weight excluding hydrogens is 166 g/mol. The van der Waals surface area contributed by atoms with E-state index in [1.807, 2.05) is 20.9 Å². The Morgan fingerprint density at radius 2 is 2.00 bits per heavy atom. The van der Waals surface area contributed by atoms with E-state index in [4.69, 9.17) is 4.74 Å². The van der Waals surface area contributed by atoms with Crippen LogP contribution in [-0.4, -0.2) is 37.1 Å². The van der Waals surface area contributed by atoms with Crippen molar-refractivity contribution < 1.29 is 9.53 Å². The average Bonchev–Trinajstić information content (AvgIpc) is 2.10. The second-order valence-corrected chi connectivity index (χ2v) is 3.46. The summed E-state index contributed by atoms with van der Waals surface area (Å²) in [7, 11) is 1.83. The summed E-state index contributed by atoms with van der Waals surface area (Å²) in [5.41, 5.74) is 0. The fourth-order valence-electron chi connectivity index (χ4n) is 0.870. The first kappa shape index (κ1) is 12.4. The first-order valence-electron chi connectivity index (χ1n) is 4.93. The first-order valence-corrected chi connectivity index (χ1v) is 4.93. The molecule has 0 N–H and O–H groups in total. The van der Waals surface area contributed by atoms with Crippen molar-refractivity contribution in [3.8, 4) is 0 Å². The smallest absolute Gasteiger partial charge is 0.224 e. The highest BCUT2D eigenvalue weighted by Gasteiger charge is 2.10. The Balaban J connectivity index is 3.50. The summed E-state index contributed by atoms with van der Waals surface area (Å²) in [6, 6.07) is 0.277. The zero-order valence-electron chi connectivity index (χ0n) is 9.17. The van der Waals surface area contributed by atoms with Crippen molar-refractivity contribution in [1.29, 1.82) is 0 Å². The molecule has 0 saturated carbocycles. The average molecular weight is 187 g/mol. The number of rotatable bonds is 6. The maximum atomic E-state index is 11.4. The molecule has 0 radical (unpaired) electrons. The minimum absolute atomic E-state index is 0.158. The number of hydrogen-bond acceptors (Lipinski definition) is 2. The number of nitrogens with zero attached hydrogens (tertiary/aromatic N) is 1. The van der Waals surface area contributed by atoms with E-state index in [-0.39, 0.29) is 11.9 Å². The highest BCUT2D eigenvalue weighted by molar-refractivity contribution is 5.76. The largest absolute Gasteiger partial charge is 0.381 e. The van der Waals surface area contributed by atoms with Crippen LogP contribution in [0.15, 0.2) is 0 Å². The predicted octanol–water partition coefficient (Wildman–Crippen LogP) is 1.67. The highest BCUT2D eigenvalue weighted by Crippen LogP contribution is 1.98. The molecule has 0 rings (SSSR count). The molecule has 0 aromatic heterocycles. The van der Waals surface area contributed by atoms with Crippen molar-refractivity contribution in [2.45, 2.75) is 39.7 Å². The fraction of sp³-hybridized carbons (Fsp3) is 0.900. The molecular formula is C10H21NO2. The number of carbonyl (C=O) groups excluding carboxylic acids is 1. The SMILES string of the molecule is CCCOCCC(=O)N(C)C(C)C. The monoisotopic (exact) mass is 187 g/mol. The maximum Gasteiger partial charge on any atom is 0.224 e. The van der Waals surface area contributed by atoms with Crippen LogP contribution in [0.5, 0.6) is 0 Å². The Morgan fingerprint density at radius 3 is 2.46 bits per heavy atom. The molecule has 0 aliphatic rings. The Labute approximate surface area is 81.1 Å². The van der Waals surface area contributed by atoms with Gasteiger partial charge in [-0.15, -0.1) is 0 Å². The number of ether oxygens (including phenoxy) is 1. The van der Waals surface area contributed by atoms with Gasteiger partial charge in [0.15, 0.2) is 0 Å². The molecule has 78 valence electrons. The summed E-state index contributed by atoms with van der Waals surface area (Å²) >= 11 is 0. The van der Waals surface area contributed by atoms with Gasteiger partial charge in [-0.2, -0.15) is 0 Å². The zero-order chi connectivity index (χ0) is 10.3. The lowest BCUT2D eigenvalue weighted by molar-refractivity contribution is -0.132. The van der Waals surface area contributed by atoms with Crippen molar-refractivity contribution in [2.24, 2.45) is 0 Å². The molecule has 0 bridgehead atoms. The molecule has 0 heterocycles. The third-order valence-corrected chi connectivity index (χ3v) is 1.98. The van der Waals surface area contributed by atoms with Crippen molar-refractivity contribution in [2.75, 3.05) is 20.3 Å². The lowest BCUT2D eigenvalue weighted by atomic mass is 10.3. The summed E-state index contributed by atoms with van der Waals surface area (Å²) in [4.78, 5) is 13.1. The quantitative estimate of drug-likeness (QED) is 0.592. The van der Waals surface area contributed by atoms with E-state index in [1.165, 1.54) is 0 Å². The van der Waals surface area contributed by atoms with Gasteiger partial charge in [-0.25, -0.2) is 0 Å². The summed E-state index contributed by atoms with van der Waals surface area (Å²) in [6.07, 6.45) is 1.50. The second kappa shape index (κ2) is 6.89. The zero-order valence-corrected chi connectivity index (χ0v) is 9.17. The van der Waals surface area contributed by atoms with E-state index in [1.54, 1.807) is 4.90 Å². The Hall–Kier alpha value is -0.570. The van der Waals surface area contributed by atoms with Gasteiger partial charge in [-0.1, -0.05) is 6.92 Å². The molecule has 0 aromatic carbocycles. The van der Waals surface area contributed by atoms with Gasteiger partial charge in [0.1, 0.15) is 0 Å². The standard InChI is InChI=1S/C10H21NO2/c1-5-7-13-8-6-10(12)11(4)9(2)3/h9H,5-8H2,1-4H3. The molecule has 3 nitrogen and oxygen atoms in total. The van der Waals surface area contributed by atoms with Crippen molar-refractivity contribution in [3.63, 3.8) is 0 Å². The number of amides is 1. The molecule has 0 atom stereocenters. The summed E-state index contributed by atoms with van der Waals surface area (Å²) in [5.74, 6) is 0.158. The maximum absolute atomic E-state index is 11.4. The minimum atomic E-state index is 0.158. The van der Waals surface area contributed by atoms with Crippen LogP contribution in [0.3, 0.4) is 0 Å². The van der Waals surface area contributed by atoms with Gasteiger partial charge in [0.25, 0.3) is 0 Å².